The molecule has 4 heteroatoms. The first-order chi connectivity index (χ1) is 9.24. The highest BCUT2D eigenvalue weighted by Crippen LogP contribution is 2.26. The molecule has 19 heavy (non-hydrogen) atoms. The van der Waals surface area contributed by atoms with Crippen LogP contribution in [0.5, 0.6) is 0 Å². The summed E-state index contributed by atoms with van der Waals surface area (Å²) in [6.45, 7) is 3.95. The number of aromatic nitrogens is 1. The Bertz CT molecular complexity index is 529. The molecule has 0 N–H and O–H groups in total. The van der Waals surface area contributed by atoms with E-state index in [0.717, 1.165) is 28.6 Å². The van der Waals surface area contributed by atoms with Crippen LogP contribution in [0.1, 0.15) is 18.2 Å². The number of benzene rings is 1. The maximum absolute atomic E-state index is 4.39. The lowest BCUT2D eigenvalue weighted by Crippen LogP contribution is -2.22. The SMILES string of the molecule is CCN(Cc1ccccn1)c1ccc(CBr)c(Br)c1. The van der Waals surface area contributed by atoms with Crippen LogP contribution in [0.3, 0.4) is 0 Å². The molecular weight excluding hydrogens is 368 g/mol. The van der Waals surface area contributed by atoms with Crippen LogP contribution >= 0.6 is 31.9 Å². The van der Waals surface area contributed by atoms with Crippen molar-refractivity contribution in [3.63, 3.8) is 0 Å². The van der Waals surface area contributed by atoms with Crippen molar-refractivity contribution in [2.75, 3.05) is 11.4 Å². The molecule has 2 rings (SSSR count). The molecule has 0 bridgehead atoms. The monoisotopic (exact) mass is 382 g/mol. The molecule has 0 atom stereocenters. The number of rotatable bonds is 5. The summed E-state index contributed by atoms with van der Waals surface area (Å²) < 4.78 is 1.14. The Balaban J connectivity index is 2.20. The van der Waals surface area contributed by atoms with Crippen LogP contribution < -0.4 is 4.90 Å². The third-order valence-electron chi connectivity index (χ3n) is 3.01. The van der Waals surface area contributed by atoms with Crippen molar-refractivity contribution in [3.8, 4) is 0 Å². The Kier molecular flexibility index (Phi) is 5.40. The van der Waals surface area contributed by atoms with Crippen molar-refractivity contribution in [1.29, 1.82) is 0 Å². The van der Waals surface area contributed by atoms with Crippen molar-refractivity contribution in [2.24, 2.45) is 0 Å². The summed E-state index contributed by atoms with van der Waals surface area (Å²) >= 11 is 7.11. The summed E-state index contributed by atoms with van der Waals surface area (Å²) in [4.78, 5) is 6.70. The fraction of sp³-hybridized carbons (Fsp3) is 0.267. The van der Waals surface area contributed by atoms with Gasteiger partial charge in [-0.3, -0.25) is 4.98 Å². The fourth-order valence-corrected chi connectivity index (χ4v) is 3.29. The molecule has 2 nitrogen and oxygen atoms in total. The van der Waals surface area contributed by atoms with Crippen molar-refractivity contribution in [1.82, 2.24) is 4.98 Å². The maximum Gasteiger partial charge on any atom is 0.0601 e. The summed E-state index contributed by atoms with van der Waals surface area (Å²) in [5, 5.41) is 0.861. The zero-order chi connectivity index (χ0) is 13.7. The summed E-state index contributed by atoms with van der Waals surface area (Å²) in [5.74, 6) is 0. The van der Waals surface area contributed by atoms with Gasteiger partial charge < -0.3 is 4.90 Å². The smallest absolute Gasteiger partial charge is 0.0601 e. The van der Waals surface area contributed by atoms with Gasteiger partial charge in [0.15, 0.2) is 0 Å². The third kappa shape index (κ3) is 3.80. The van der Waals surface area contributed by atoms with Crippen molar-refractivity contribution < 1.29 is 0 Å². The van der Waals surface area contributed by atoms with Crippen LogP contribution in [0.2, 0.25) is 0 Å². The molecule has 0 fully saturated rings. The molecular formula is C15H16Br2N2. The average Bonchev–Trinajstić information content (AvgIpc) is 2.46. The van der Waals surface area contributed by atoms with Gasteiger partial charge in [0.25, 0.3) is 0 Å². The van der Waals surface area contributed by atoms with Gasteiger partial charge >= 0.3 is 0 Å². The Labute approximate surface area is 131 Å². The Morgan fingerprint density at radius 2 is 2.05 bits per heavy atom. The Morgan fingerprint density at radius 3 is 2.63 bits per heavy atom. The molecule has 1 heterocycles. The van der Waals surface area contributed by atoms with Crippen molar-refractivity contribution in [3.05, 3.63) is 58.3 Å². The largest absolute Gasteiger partial charge is 0.366 e. The molecule has 0 aliphatic rings. The maximum atomic E-state index is 4.39. The minimum atomic E-state index is 0.831. The molecule has 0 spiro atoms. The van der Waals surface area contributed by atoms with Crippen molar-refractivity contribution in [2.45, 2.75) is 18.8 Å². The van der Waals surface area contributed by atoms with Gasteiger partial charge in [-0.1, -0.05) is 44.0 Å². The first kappa shape index (κ1) is 14.5. The molecule has 1 aromatic heterocycles. The second-order valence-corrected chi connectivity index (χ2v) is 5.66. The summed E-state index contributed by atoms with van der Waals surface area (Å²) in [7, 11) is 0. The van der Waals surface area contributed by atoms with Gasteiger partial charge in [0, 0.05) is 28.2 Å². The number of anilines is 1. The van der Waals surface area contributed by atoms with E-state index in [2.05, 4.69) is 72.9 Å². The second kappa shape index (κ2) is 7.06. The van der Waals surface area contributed by atoms with Gasteiger partial charge in [-0.2, -0.15) is 0 Å². The molecule has 2 aromatic rings. The number of hydrogen-bond acceptors (Lipinski definition) is 2. The predicted molar refractivity (Wildman–Crippen MR) is 87.7 cm³/mol. The average molecular weight is 384 g/mol. The minimum Gasteiger partial charge on any atom is -0.366 e. The topological polar surface area (TPSA) is 16.1 Å². The van der Waals surface area contributed by atoms with E-state index in [1.165, 1.54) is 11.3 Å². The van der Waals surface area contributed by atoms with E-state index < -0.39 is 0 Å². The molecule has 0 saturated carbocycles. The van der Waals surface area contributed by atoms with Gasteiger partial charge in [0.05, 0.1) is 12.2 Å². The van der Waals surface area contributed by atoms with E-state index >= 15 is 0 Å². The highest BCUT2D eigenvalue weighted by molar-refractivity contribution is 9.10. The van der Waals surface area contributed by atoms with Gasteiger partial charge in [-0.25, -0.2) is 0 Å². The van der Waals surface area contributed by atoms with Crippen molar-refractivity contribution >= 4 is 37.5 Å². The molecule has 0 radical (unpaired) electrons. The number of pyridine rings is 1. The van der Waals surface area contributed by atoms with Crippen LogP contribution in [0.15, 0.2) is 47.1 Å². The first-order valence-electron chi connectivity index (χ1n) is 6.24. The second-order valence-electron chi connectivity index (χ2n) is 4.24. The molecule has 0 aliphatic carbocycles. The zero-order valence-corrected chi connectivity index (χ0v) is 14.0. The lowest BCUT2D eigenvalue weighted by atomic mass is 10.2. The summed E-state index contributed by atoms with van der Waals surface area (Å²) in [6.07, 6.45) is 1.84. The van der Waals surface area contributed by atoms with Crippen LogP contribution in [-0.2, 0) is 11.9 Å². The van der Waals surface area contributed by atoms with Gasteiger partial charge in [-0.15, -0.1) is 0 Å². The van der Waals surface area contributed by atoms with E-state index in [-0.39, 0.29) is 0 Å². The zero-order valence-electron chi connectivity index (χ0n) is 10.8. The molecule has 100 valence electrons. The number of halogens is 2. The molecule has 0 saturated heterocycles. The highest BCUT2D eigenvalue weighted by Gasteiger charge is 2.08. The number of nitrogens with zero attached hydrogens (tertiary/aromatic N) is 2. The quantitative estimate of drug-likeness (QED) is 0.691. The lowest BCUT2D eigenvalue weighted by Gasteiger charge is -2.23. The number of hydrogen-bond donors (Lipinski definition) is 0. The molecule has 0 aliphatic heterocycles. The Morgan fingerprint density at radius 1 is 1.21 bits per heavy atom. The van der Waals surface area contributed by atoms with Crippen LogP contribution in [0, 0.1) is 0 Å². The van der Waals surface area contributed by atoms with Gasteiger partial charge in [0.1, 0.15) is 0 Å². The predicted octanol–water partition coefficient (Wildman–Crippen LogP) is 4.77. The van der Waals surface area contributed by atoms with Crippen LogP contribution in [0.25, 0.3) is 0 Å². The van der Waals surface area contributed by atoms with E-state index in [1.807, 2.05) is 18.3 Å². The summed E-state index contributed by atoms with van der Waals surface area (Å²) in [5.41, 5.74) is 3.56. The molecule has 0 unspecified atom stereocenters. The summed E-state index contributed by atoms with van der Waals surface area (Å²) in [6, 6.07) is 12.5. The normalized spacial score (nSPS) is 10.5. The van der Waals surface area contributed by atoms with E-state index in [0.29, 0.717) is 0 Å². The van der Waals surface area contributed by atoms with E-state index in [4.69, 9.17) is 0 Å². The van der Waals surface area contributed by atoms with E-state index in [1.54, 1.807) is 0 Å². The fourth-order valence-electron chi connectivity index (χ4n) is 1.91. The number of alkyl halides is 1. The highest BCUT2D eigenvalue weighted by atomic mass is 79.9. The van der Waals surface area contributed by atoms with Gasteiger partial charge in [-0.05, 0) is 36.8 Å². The third-order valence-corrected chi connectivity index (χ3v) is 4.35. The Hall–Kier alpha value is -0.870. The standard InChI is InChI=1S/C15H16Br2N2/c1-2-19(11-13-5-3-4-8-18-13)14-7-6-12(10-16)15(17)9-14/h3-9H,2,10-11H2,1H3. The molecule has 0 amide bonds. The van der Waals surface area contributed by atoms with Crippen LogP contribution in [0.4, 0.5) is 5.69 Å². The van der Waals surface area contributed by atoms with Crippen LogP contribution in [-0.4, -0.2) is 11.5 Å². The first-order valence-corrected chi connectivity index (χ1v) is 8.15. The van der Waals surface area contributed by atoms with Gasteiger partial charge in [0.2, 0.25) is 0 Å². The molecule has 1 aromatic carbocycles. The van der Waals surface area contributed by atoms with E-state index in [9.17, 15) is 0 Å². The minimum absolute atomic E-state index is 0.831. The lowest BCUT2D eigenvalue weighted by molar-refractivity contribution is 0.809.